The van der Waals surface area contributed by atoms with Crippen LogP contribution >= 0.6 is 0 Å². The number of hydrogen-bond acceptors (Lipinski definition) is 2. The van der Waals surface area contributed by atoms with Crippen molar-refractivity contribution in [3.63, 3.8) is 0 Å². The van der Waals surface area contributed by atoms with Crippen LogP contribution in [0.15, 0.2) is 30.3 Å². The first kappa shape index (κ1) is 18.2. The van der Waals surface area contributed by atoms with Crippen LogP contribution in [0.5, 0.6) is 0 Å². The molecule has 0 atom stereocenters. The summed E-state index contributed by atoms with van der Waals surface area (Å²) in [6, 6.07) is 7.87. The van der Waals surface area contributed by atoms with Gasteiger partial charge in [-0.05, 0) is 5.56 Å². The van der Waals surface area contributed by atoms with Crippen molar-refractivity contribution in [3.8, 4) is 0 Å². The Morgan fingerprint density at radius 3 is 1.73 bits per heavy atom. The molecule has 72 valence electrons. The fraction of sp³-hybridized carbons (Fsp3) is 0.111. The summed E-state index contributed by atoms with van der Waals surface area (Å²) >= 11 is 0. The summed E-state index contributed by atoms with van der Waals surface area (Å²) < 4.78 is 0. The van der Waals surface area contributed by atoms with Gasteiger partial charge in [0, 0.05) is 0 Å². The second-order valence-electron chi connectivity index (χ2n) is 2.52. The topological polar surface area (TPSA) is 74.6 Å². The Balaban J connectivity index is 0. The molecular formula is C9H10KNaO4. The van der Waals surface area contributed by atoms with Crippen molar-refractivity contribution >= 4 is 92.9 Å². The van der Waals surface area contributed by atoms with E-state index in [1.54, 1.807) is 18.2 Å². The van der Waals surface area contributed by atoms with E-state index in [2.05, 4.69) is 0 Å². The van der Waals surface area contributed by atoms with Crippen LogP contribution < -0.4 is 0 Å². The Kier molecular flexibility index (Phi) is 10.8. The van der Waals surface area contributed by atoms with Crippen LogP contribution in [0.3, 0.4) is 0 Å². The predicted octanol–water partition coefficient (Wildman–Crippen LogP) is -0.358. The van der Waals surface area contributed by atoms with E-state index < -0.39 is 17.9 Å². The number of carboxylic acids is 2. The standard InChI is InChI=1S/C9H8O4.K.Na.2H/c10-8(11)7(9(12)13)6-4-2-1-3-5-6;;;;/h1-5,7H,(H,10,11)(H,12,13);;;;. The Morgan fingerprint density at radius 2 is 1.40 bits per heavy atom. The van der Waals surface area contributed by atoms with Gasteiger partial charge in [-0.25, -0.2) is 0 Å². The van der Waals surface area contributed by atoms with E-state index >= 15 is 0 Å². The van der Waals surface area contributed by atoms with Gasteiger partial charge in [-0.15, -0.1) is 0 Å². The molecule has 0 fully saturated rings. The van der Waals surface area contributed by atoms with Gasteiger partial charge < -0.3 is 10.2 Å². The van der Waals surface area contributed by atoms with E-state index in [0.717, 1.165) is 0 Å². The number of carboxylic acid groups (broad SMARTS) is 2. The van der Waals surface area contributed by atoms with Crippen molar-refractivity contribution < 1.29 is 19.8 Å². The monoisotopic (exact) mass is 244 g/mol. The molecule has 4 nitrogen and oxygen atoms in total. The molecule has 1 rings (SSSR count). The van der Waals surface area contributed by atoms with Crippen LogP contribution in [0, 0.1) is 0 Å². The van der Waals surface area contributed by atoms with Gasteiger partial charge in [0.05, 0.1) is 0 Å². The van der Waals surface area contributed by atoms with E-state index in [9.17, 15) is 9.59 Å². The summed E-state index contributed by atoms with van der Waals surface area (Å²) in [5.74, 6) is -4.17. The quantitative estimate of drug-likeness (QED) is 0.562. The van der Waals surface area contributed by atoms with Crippen LogP contribution in [0.2, 0.25) is 0 Å². The van der Waals surface area contributed by atoms with Crippen molar-refractivity contribution in [2.45, 2.75) is 5.92 Å². The summed E-state index contributed by atoms with van der Waals surface area (Å²) in [4.78, 5) is 21.1. The zero-order chi connectivity index (χ0) is 9.84. The third-order valence-corrected chi connectivity index (χ3v) is 1.63. The van der Waals surface area contributed by atoms with Gasteiger partial charge >= 0.3 is 92.9 Å². The number of rotatable bonds is 3. The van der Waals surface area contributed by atoms with Gasteiger partial charge in [0.25, 0.3) is 0 Å². The molecule has 0 aromatic heterocycles. The summed E-state index contributed by atoms with van der Waals surface area (Å²) in [6.45, 7) is 0. The normalized spacial score (nSPS) is 8.60. The zero-order valence-electron chi connectivity index (χ0n) is 6.68. The molecule has 0 saturated carbocycles. The van der Waals surface area contributed by atoms with Crippen molar-refractivity contribution in [3.05, 3.63) is 35.9 Å². The second-order valence-corrected chi connectivity index (χ2v) is 2.52. The first-order valence-corrected chi connectivity index (χ1v) is 3.63. The van der Waals surface area contributed by atoms with Gasteiger partial charge in [0.2, 0.25) is 0 Å². The first-order chi connectivity index (χ1) is 6.13. The second kappa shape index (κ2) is 8.89. The summed E-state index contributed by atoms with van der Waals surface area (Å²) in [5, 5.41) is 17.2. The fourth-order valence-corrected chi connectivity index (χ4v) is 1.04. The van der Waals surface area contributed by atoms with Crippen LogP contribution in [-0.2, 0) is 9.59 Å². The molecule has 0 spiro atoms. The molecule has 0 aliphatic carbocycles. The molecule has 0 amide bonds. The fourth-order valence-electron chi connectivity index (χ4n) is 1.04. The Bertz CT molecular complexity index is 314. The third kappa shape index (κ3) is 5.60. The van der Waals surface area contributed by atoms with Gasteiger partial charge in [0.1, 0.15) is 0 Å². The van der Waals surface area contributed by atoms with E-state index in [0.29, 0.717) is 0 Å². The summed E-state index contributed by atoms with van der Waals surface area (Å²) in [6.07, 6.45) is 0. The number of hydrogen-bond donors (Lipinski definition) is 2. The molecule has 2 N–H and O–H groups in total. The van der Waals surface area contributed by atoms with Crippen LogP contribution in [0.1, 0.15) is 11.5 Å². The van der Waals surface area contributed by atoms with E-state index in [1.165, 1.54) is 12.1 Å². The molecular weight excluding hydrogens is 234 g/mol. The van der Waals surface area contributed by atoms with Crippen LogP contribution in [0.25, 0.3) is 0 Å². The minimum absolute atomic E-state index is 0. The number of aliphatic carboxylic acids is 2. The van der Waals surface area contributed by atoms with E-state index in [1.807, 2.05) is 0 Å². The van der Waals surface area contributed by atoms with E-state index in [4.69, 9.17) is 10.2 Å². The molecule has 0 aliphatic rings. The van der Waals surface area contributed by atoms with Gasteiger partial charge in [-0.2, -0.15) is 0 Å². The van der Waals surface area contributed by atoms with Gasteiger partial charge in [0.15, 0.2) is 5.92 Å². The minimum atomic E-state index is -1.47. The van der Waals surface area contributed by atoms with Crippen molar-refractivity contribution in [1.29, 1.82) is 0 Å². The SMILES string of the molecule is O=C(O)C(C(=O)O)c1ccccc1.[KH].[NaH]. The maximum absolute atomic E-state index is 10.6. The average Bonchev–Trinajstić information content (AvgIpc) is 2.04. The molecule has 0 bridgehead atoms. The molecule has 6 heteroatoms. The maximum atomic E-state index is 10.6. The summed E-state index contributed by atoms with van der Waals surface area (Å²) in [7, 11) is 0. The molecule has 1 aromatic carbocycles. The Labute approximate surface area is 152 Å². The summed E-state index contributed by atoms with van der Waals surface area (Å²) in [5.41, 5.74) is 0.280. The van der Waals surface area contributed by atoms with Crippen molar-refractivity contribution in [1.82, 2.24) is 0 Å². The molecule has 15 heavy (non-hydrogen) atoms. The van der Waals surface area contributed by atoms with E-state index in [-0.39, 0.29) is 86.5 Å². The predicted molar refractivity (Wildman–Crippen MR) is 58.8 cm³/mol. The molecule has 0 unspecified atom stereocenters. The van der Waals surface area contributed by atoms with Crippen molar-refractivity contribution in [2.24, 2.45) is 0 Å². The Morgan fingerprint density at radius 1 is 1.00 bits per heavy atom. The molecule has 0 saturated heterocycles. The van der Waals surface area contributed by atoms with Gasteiger partial charge in [-0.1, -0.05) is 30.3 Å². The number of benzene rings is 1. The zero-order valence-corrected chi connectivity index (χ0v) is 6.68. The molecule has 1 aromatic rings. The van der Waals surface area contributed by atoms with Gasteiger partial charge in [-0.3, -0.25) is 9.59 Å². The number of carbonyl (C=O) groups is 2. The third-order valence-electron chi connectivity index (χ3n) is 1.63. The van der Waals surface area contributed by atoms with Crippen LogP contribution in [-0.4, -0.2) is 103 Å². The van der Waals surface area contributed by atoms with Crippen molar-refractivity contribution in [2.75, 3.05) is 0 Å². The van der Waals surface area contributed by atoms with Crippen LogP contribution in [0.4, 0.5) is 0 Å². The first-order valence-electron chi connectivity index (χ1n) is 3.63. The molecule has 0 aliphatic heterocycles. The molecule has 0 heterocycles. The average molecular weight is 244 g/mol. The Hall–Kier alpha value is 0.796. The molecule has 0 radical (unpaired) electrons.